The topological polar surface area (TPSA) is 74.6 Å². The number of rotatable bonds is 1. The first kappa shape index (κ1) is 9.75. The highest BCUT2D eigenvalue weighted by Gasteiger charge is 2.10. The fraction of sp³-hybridized carbons (Fsp3) is 0. The van der Waals surface area contributed by atoms with Gasteiger partial charge in [0.1, 0.15) is 5.75 Å². The van der Waals surface area contributed by atoms with Crippen LogP contribution in [0.4, 0.5) is 0 Å². The average molecular weight is 298 g/mol. The minimum atomic E-state index is -4.16. The molecule has 0 saturated heterocycles. The molecular formula is C6H5IO4S. The van der Waals surface area contributed by atoms with E-state index in [0.29, 0.717) is 3.57 Å². The van der Waals surface area contributed by atoms with E-state index in [9.17, 15) is 8.42 Å². The van der Waals surface area contributed by atoms with E-state index in [4.69, 9.17) is 9.66 Å². The molecule has 2 N–H and O–H groups in total. The van der Waals surface area contributed by atoms with E-state index < -0.39 is 10.1 Å². The van der Waals surface area contributed by atoms with E-state index in [0.717, 1.165) is 6.07 Å². The smallest absolute Gasteiger partial charge is 0.294 e. The number of phenols is 1. The Hall–Kier alpha value is -0.340. The highest BCUT2D eigenvalue weighted by atomic mass is 125. The summed E-state index contributed by atoms with van der Waals surface area (Å²) in [6.45, 7) is 0. The summed E-state index contributed by atoms with van der Waals surface area (Å²) in [5, 5.41) is 9.03. The lowest BCUT2D eigenvalue weighted by Gasteiger charge is -1.98. The number of hydrogen-bond acceptors (Lipinski definition) is 3. The second-order valence-electron chi connectivity index (χ2n) is 2.09. The van der Waals surface area contributed by atoms with E-state index in [1.165, 1.54) is 12.1 Å². The summed E-state index contributed by atoms with van der Waals surface area (Å²) in [5.74, 6) is -0.0111. The van der Waals surface area contributed by atoms with E-state index in [-0.39, 0.29) is 10.6 Å². The lowest BCUT2D eigenvalue weighted by Crippen LogP contribution is -1.97. The van der Waals surface area contributed by atoms with Crippen molar-refractivity contribution in [2.24, 2.45) is 0 Å². The van der Waals surface area contributed by atoms with E-state index >= 15 is 0 Å². The molecule has 0 fully saturated rings. The third-order valence-corrected chi connectivity index (χ3v) is 2.93. The molecule has 0 aliphatic heterocycles. The predicted molar refractivity (Wildman–Crippen MR) is 50.6 cm³/mol. The third-order valence-electron chi connectivity index (χ3n) is 1.22. The Labute approximate surface area is 83.1 Å². The van der Waals surface area contributed by atoms with Crippen molar-refractivity contribution in [1.82, 2.24) is 0 Å². The summed E-state index contributed by atoms with van der Waals surface area (Å²) in [6.07, 6.45) is 0. The van der Waals surface area contributed by atoms with Gasteiger partial charge in [-0.05, 0) is 40.8 Å². The maximum atomic E-state index is 10.6. The van der Waals surface area contributed by atoms with Gasteiger partial charge in [-0.3, -0.25) is 4.55 Å². The third kappa shape index (κ3) is 2.08. The zero-order valence-electron chi connectivity index (χ0n) is 5.73. The van der Waals surface area contributed by atoms with Crippen LogP contribution < -0.4 is 0 Å². The van der Waals surface area contributed by atoms with Gasteiger partial charge in [-0.25, -0.2) is 0 Å². The monoisotopic (exact) mass is 298 g/mol. The average Bonchev–Trinajstić information content (AvgIpc) is 1.92. The molecule has 4 nitrogen and oxygen atoms in total. The molecular weight excluding hydrogens is 293 g/mol. The molecule has 0 spiro atoms. The largest absolute Gasteiger partial charge is 0.507 e. The Kier molecular flexibility index (Phi) is 2.59. The Balaban J connectivity index is 3.33. The summed E-state index contributed by atoms with van der Waals surface area (Å²) in [6, 6.07) is 3.53. The summed E-state index contributed by atoms with van der Waals surface area (Å²) in [7, 11) is -4.16. The van der Waals surface area contributed by atoms with E-state index in [1.807, 2.05) is 0 Å². The molecule has 0 saturated carbocycles. The van der Waals surface area contributed by atoms with Crippen molar-refractivity contribution in [3.63, 3.8) is 0 Å². The Bertz CT molecular complexity index is 398. The van der Waals surface area contributed by atoms with Crippen molar-refractivity contribution in [3.05, 3.63) is 21.8 Å². The molecule has 0 radical (unpaired) electrons. The molecule has 0 bridgehead atoms. The maximum absolute atomic E-state index is 10.6. The van der Waals surface area contributed by atoms with Crippen LogP contribution in [0.25, 0.3) is 0 Å². The lowest BCUT2D eigenvalue weighted by molar-refractivity contribution is 0.469. The fourth-order valence-electron chi connectivity index (χ4n) is 0.648. The van der Waals surface area contributed by atoms with Crippen LogP contribution >= 0.6 is 22.6 Å². The van der Waals surface area contributed by atoms with Gasteiger partial charge in [0.2, 0.25) is 0 Å². The molecule has 1 aromatic carbocycles. The number of hydrogen-bond donors (Lipinski definition) is 2. The Morgan fingerprint density at radius 2 is 1.92 bits per heavy atom. The normalized spacial score (nSPS) is 11.5. The van der Waals surface area contributed by atoms with Gasteiger partial charge < -0.3 is 5.11 Å². The summed E-state index contributed by atoms with van der Waals surface area (Å²) in [5.41, 5.74) is 0. The van der Waals surface area contributed by atoms with Crippen LogP contribution in [0, 0.1) is 3.57 Å². The van der Waals surface area contributed by atoms with Crippen molar-refractivity contribution in [2.45, 2.75) is 4.90 Å². The fourth-order valence-corrected chi connectivity index (χ4v) is 1.88. The molecule has 0 aliphatic carbocycles. The highest BCUT2D eigenvalue weighted by Crippen LogP contribution is 2.22. The first-order valence-electron chi connectivity index (χ1n) is 2.87. The zero-order chi connectivity index (χ0) is 9.35. The van der Waals surface area contributed by atoms with Crippen LogP contribution in [-0.2, 0) is 10.1 Å². The van der Waals surface area contributed by atoms with Gasteiger partial charge in [-0.2, -0.15) is 8.42 Å². The molecule has 1 aromatic rings. The summed E-state index contributed by atoms with van der Waals surface area (Å²) in [4.78, 5) is -0.218. The molecule has 0 unspecified atom stereocenters. The van der Waals surface area contributed by atoms with Gasteiger partial charge in [0.15, 0.2) is 0 Å². The molecule has 0 aromatic heterocycles. The molecule has 66 valence electrons. The summed E-state index contributed by atoms with van der Waals surface area (Å²) < 4.78 is 30.1. The molecule has 12 heavy (non-hydrogen) atoms. The Morgan fingerprint density at radius 3 is 2.33 bits per heavy atom. The molecule has 0 heterocycles. The van der Waals surface area contributed by atoms with Crippen LogP contribution in [0.2, 0.25) is 0 Å². The van der Waals surface area contributed by atoms with Crippen molar-refractivity contribution < 1.29 is 18.1 Å². The van der Waals surface area contributed by atoms with Gasteiger partial charge >= 0.3 is 0 Å². The lowest BCUT2D eigenvalue weighted by atomic mass is 10.3. The number of halogens is 1. The quantitative estimate of drug-likeness (QED) is 0.604. The zero-order valence-corrected chi connectivity index (χ0v) is 8.70. The van der Waals surface area contributed by atoms with Crippen LogP contribution in [0.15, 0.2) is 23.1 Å². The molecule has 0 amide bonds. The van der Waals surface area contributed by atoms with E-state index in [1.54, 1.807) is 22.6 Å². The second kappa shape index (κ2) is 3.19. The molecule has 1 rings (SSSR count). The highest BCUT2D eigenvalue weighted by molar-refractivity contribution is 14.1. The second-order valence-corrected chi connectivity index (χ2v) is 4.67. The van der Waals surface area contributed by atoms with Crippen LogP contribution in [0.5, 0.6) is 5.75 Å². The van der Waals surface area contributed by atoms with Crippen LogP contribution in [-0.4, -0.2) is 18.1 Å². The van der Waals surface area contributed by atoms with Gasteiger partial charge in [-0.1, -0.05) is 0 Å². The number of aromatic hydroxyl groups is 1. The minimum absolute atomic E-state index is 0.0111. The van der Waals surface area contributed by atoms with Crippen molar-refractivity contribution >= 4 is 32.7 Å². The van der Waals surface area contributed by atoms with Crippen LogP contribution in [0.3, 0.4) is 0 Å². The van der Waals surface area contributed by atoms with Gasteiger partial charge in [0.05, 0.1) is 8.47 Å². The number of benzene rings is 1. The molecule has 6 heteroatoms. The van der Waals surface area contributed by atoms with Crippen molar-refractivity contribution in [1.29, 1.82) is 0 Å². The van der Waals surface area contributed by atoms with Crippen LogP contribution in [0.1, 0.15) is 0 Å². The number of phenolic OH excluding ortho intramolecular Hbond substituents is 1. The van der Waals surface area contributed by atoms with Crippen molar-refractivity contribution in [3.8, 4) is 5.75 Å². The SMILES string of the molecule is O=S(=O)(O)c1ccc(O)c([125I])c1. The first-order chi connectivity index (χ1) is 5.41. The molecule has 0 aliphatic rings. The van der Waals surface area contributed by atoms with E-state index in [2.05, 4.69) is 0 Å². The van der Waals surface area contributed by atoms with Gasteiger partial charge in [0.25, 0.3) is 10.1 Å². The Morgan fingerprint density at radius 1 is 1.33 bits per heavy atom. The first-order valence-corrected chi connectivity index (χ1v) is 5.39. The molecule has 0 atom stereocenters. The standard InChI is InChI=1S/C6H5IO4S/c7-5-3-4(12(9,10)11)1-2-6(5)8/h1-3,8H,(H,9,10,11)/i7-2. The maximum Gasteiger partial charge on any atom is 0.294 e. The van der Waals surface area contributed by atoms with Gasteiger partial charge in [0, 0.05) is 0 Å². The summed E-state index contributed by atoms with van der Waals surface area (Å²) >= 11 is 1.76. The predicted octanol–water partition coefficient (Wildman–Crippen LogP) is 1.24. The van der Waals surface area contributed by atoms with Gasteiger partial charge in [-0.15, -0.1) is 0 Å². The van der Waals surface area contributed by atoms with Crippen molar-refractivity contribution in [2.75, 3.05) is 0 Å². The minimum Gasteiger partial charge on any atom is -0.507 e.